The summed E-state index contributed by atoms with van der Waals surface area (Å²) in [5.41, 5.74) is 1.67. The van der Waals surface area contributed by atoms with Gasteiger partial charge in [0.05, 0.1) is 22.2 Å². The second-order valence-corrected chi connectivity index (χ2v) is 10.7. The fourth-order valence-corrected chi connectivity index (χ4v) is 5.90. The number of anilines is 1. The first kappa shape index (κ1) is 28.0. The van der Waals surface area contributed by atoms with Crippen LogP contribution in [0.4, 0.5) is 18.9 Å². The summed E-state index contributed by atoms with van der Waals surface area (Å²) in [5, 5.41) is 5.45. The van der Waals surface area contributed by atoms with Crippen molar-refractivity contribution in [1.29, 1.82) is 0 Å². The van der Waals surface area contributed by atoms with Crippen molar-refractivity contribution in [3.05, 3.63) is 93.8 Å². The number of alkyl halides is 3. The highest BCUT2D eigenvalue weighted by Gasteiger charge is 2.37. The molecule has 2 amide bonds. The number of carbonyl (C=O) groups is 2. The van der Waals surface area contributed by atoms with Crippen molar-refractivity contribution in [2.45, 2.75) is 44.3 Å². The fourth-order valence-electron chi connectivity index (χ4n) is 5.64. The lowest BCUT2D eigenvalue weighted by Gasteiger charge is -2.33. The van der Waals surface area contributed by atoms with Crippen LogP contribution in [0.2, 0.25) is 5.02 Å². The average Bonchev–Trinajstić information content (AvgIpc) is 3.35. The van der Waals surface area contributed by atoms with Gasteiger partial charge in [-0.2, -0.15) is 13.2 Å². The summed E-state index contributed by atoms with van der Waals surface area (Å²) < 4.78 is 40.5. The molecule has 40 heavy (non-hydrogen) atoms. The van der Waals surface area contributed by atoms with Crippen LogP contribution in [0, 0.1) is 5.92 Å². The van der Waals surface area contributed by atoms with Gasteiger partial charge < -0.3 is 15.5 Å². The molecule has 0 bridgehead atoms. The predicted octanol–water partition coefficient (Wildman–Crippen LogP) is 6.21. The van der Waals surface area contributed by atoms with E-state index >= 15 is 0 Å². The van der Waals surface area contributed by atoms with Gasteiger partial charge in [0.2, 0.25) is 0 Å². The Hall–Kier alpha value is -3.59. The summed E-state index contributed by atoms with van der Waals surface area (Å²) in [6.07, 6.45) is 3.06. The SMILES string of the molecule is O=C(NCCC1CCN(c2ccncc2)CC1)c1ccc2c(c1)C(NC(=O)c1c(Cl)cccc1C(F)(F)F)CC2. The molecule has 0 saturated carbocycles. The number of aromatic nitrogens is 1. The number of pyridine rings is 1. The Balaban J connectivity index is 1.17. The molecule has 2 aliphatic rings. The average molecular weight is 571 g/mol. The number of fused-ring (bicyclic) bond motifs is 1. The fraction of sp³-hybridized carbons (Fsp3) is 0.367. The monoisotopic (exact) mass is 570 g/mol. The quantitative estimate of drug-likeness (QED) is 0.354. The minimum atomic E-state index is -4.72. The van der Waals surface area contributed by atoms with Gasteiger partial charge in [-0.3, -0.25) is 14.6 Å². The van der Waals surface area contributed by atoms with Crippen LogP contribution in [-0.2, 0) is 12.6 Å². The summed E-state index contributed by atoms with van der Waals surface area (Å²) in [4.78, 5) is 32.3. The van der Waals surface area contributed by atoms with Crippen LogP contribution in [0.5, 0.6) is 0 Å². The van der Waals surface area contributed by atoms with Crippen LogP contribution >= 0.6 is 11.6 Å². The molecule has 1 unspecified atom stereocenters. The second-order valence-electron chi connectivity index (χ2n) is 10.3. The second kappa shape index (κ2) is 11.9. The summed E-state index contributed by atoms with van der Waals surface area (Å²) in [7, 11) is 0. The highest BCUT2D eigenvalue weighted by molar-refractivity contribution is 6.34. The van der Waals surface area contributed by atoms with E-state index in [1.807, 2.05) is 18.2 Å². The summed E-state index contributed by atoms with van der Waals surface area (Å²) >= 11 is 6.00. The van der Waals surface area contributed by atoms with Crippen LogP contribution in [0.1, 0.15) is 69.1 Å². The maximum absolute atomic E-state index is 13.5. The third-order valence-corrected chi connectivity index (χ3v) is 8.13. The number of aryl methyl sites for hydroxylation is 1. The molecule has 10 heteroatoms. The van der Waals surface area contributed by atoms with E-state index in [-0.39, 0.29) is 10.9 Å². The van der Waals surface area contributed by atoms with E-state index in [1.165, 1.54) is 17.8 Å². The zero-order valence-electron chi connectivity index (χ0n) is 21.8. The standard InChI is InChI=1S/C30H30ClF3N4O2/c31-25-3-1-2-24(30(32,33)34)27(25)29(40)37-26-7-6-20-4-5-21(18-23(20)26)28(39)36-15-8-19-11-16-38(17-12-19)22-9-13-35-14-10-22/h1-5,9-10,13-14,18-19,26H,6-8,11-12,15-17H2,(H,36,39)(H,37,40). The van der Waals surface area contributed by atoms with Crippen molar-refractivity contribution in [3.8, 4) is 0 Å². The van der Waals surface area contributed by atoms with Crippen LogP contribution in [-0.4, -0.2) is 36.4 Å². The molecule has 0 spiro atoms. The molecule has 2 N–H and O–H groups in total. The van der Waals surface area contributed by atoms with Crippen molar-refractivity contribution in [3.63, 3.8) is 0 Å². The van der Waals surface area contributed by atoms with Crippen LogP contribution in [0.25, 0.3) is 0 Å². The van der Waals surface area contributed by atoms with Crippen LogP contribution < -0.4 is 15.5 Å². The molecule has 1 aliphatic heterocycles. The number of benzene rings is 2. The summed E-state index contributed by atoms with van der Waals surface area (Å²) in [5.74, 6) is -0.565. The Morgan fingerprint density at radius 1 is 1.00 bits per heavy atom. The van der Waals surface area contributed by atoms with E-state index in [0.717, 1.165) is 49.5 Å². The van der Waals surface area contributed by atoms with Crippen molar-refractivity contribution < 1.29 is 22.8 Å². The number of nitrogens with zero attached hydrogens (tertiary/aromatic N) is 2. The Labute approximate surface area is 235 Å². The number of amides is 2. The van der Waals surface area contributed by atoms with Crippen molar-refractivity contribution in [2.75, 3.05) is 24.5 Å². The summed E-state index contributed by atoms with van der Waals surface area (Å²) in [6, 6.07) is 12.1. The lowest BCUT2D eigenvalue weighted by molar-refractivity contribution is -0.137. The van der Waals surface area contributed by atoms with Gasteiger partial charge in [-0.25, -0.2) is 0 Å². The molecule has 1 aliphatic carbocycles. The molecule has 1 aromatic heterocycles. The first-order chi connectivity index (χ1) is 19.2. The zero-order valence-corrected chi connectivity index (χ0v) is 22.6. The lowest BCUT2D eigenvalue weighted by Crippen LogP contribution is -2.35. The van der Waals surface area contributed by atoms with Crippen molar-refractivity contribution in [2.24, 2.45) is 5.92 Å². The van der Waals surface area contributed by atoms with Gasteiger partial charge in [0, 0.05) is 43.3 Å². The van der Waals surface area contributed by atoms with Crippen molar-refractivity contribution >= 4 is 29.1 Å². The van der Waals surface area contributed by atoms with Crippen LogP contribution in [0.15, 0.2) is 60.9 Å². The molecule has 1 saturated heterocycles. The first-order valence-electron chi connectivity index (χ1n) is 13.4. The maximum atomic E-state index is 13.5. The molecule has 5 rings (SSSR count). The molecule has 2 aromatic carbocycles. The Morgan fingerprint density at radius 2 is 1.75 bits per heavy atom. The smallest absolute Gasteiger partial charge is 0.371 e. The van der Waals surface area contributed by atoms with E-state index in [0.29, 0.717) is 30.9 Å². The zero-order chi connectivity index (χ0) is 28.3. The minimum absolute atomic E-state index is 0.209. The normalized spacial score (nSPS) is 17.4. The molecule has 0 radical (unpaired) electrons. The van der Waals surface area contributed by atoms with Gasteiger partial charge in [-0.15, -0.1) is 0 Å². The lowest BCUT2D eigenvalue weighted by atomic mass is 9.93. The van der Waals surface area contributed by atoms with Crippen LogP contribution in [0.3, 0.4) is 0 Å². The van der Waals surface area contributed by atoms with Gasteiger partial charge in [0.1, 0.15) is 0 Å². The van der Waals surface area contributed by atoms with Gasteiger partial charge in [-0.05, 0) is 85.5 Å². The number of piperidine rings is 1. The number of rotatable bonds is 7. The largest absolute Gasteiger partial charge is 0.417 e. The molecule has 3 aromatic rings. The molecular formula is C30H30ClF3N4O2. The van der Waals surface area contributed by atoms with E-state index in [2.05, 4.69) is 20.5 Å². The minimum Gasteiger partial charge on any atom is -0.371 e. The topological polar surface area (TPSA) is 74.3 Å². The highest BCUT2D eigenvalue weighted by atomic mass is 35.5. The molecular weight excluding hydrogens is 541 g/mol. The first-order valence-corrected chi connectivity index (χ1v) is 13.8. The Morgan fingerprint density at radius 3 is 2.48 bits per heavy atom. The summed E-state index contributed by atoms with van der Waals surface area (Å²) in [6.45, 7) is 2.50. The van der Waals surface area contributed by atoms with E-state index in [1.54, 1.807) is 24.5 Å². The number of hydrogen-bond donors (Lipinski definition) is 2. The molecule has 2 heterocycles. The van der Waals surface area contributed by atoms with Gasteiger partial charge >= 0.3 is 6.18 Å². The maximum Gasteiger partial charge on any atom is 0.417 e. The molecule has 6 nitrogen and oxygen atoms in total. The Kier molecular flexibility index (Phi) is 8.30. The van der Waals surface area contributed by atoms with Gasteiger partial charge in [0.25, 0.3) is 11.8 Å². The highest BCUT2D eigenvalue weighted by Crippen LogP contribution is 2.37. The Bertz CT molecular complexity index is 1380. The van der Waals surface area contributed by atoms with Crippen molar-refractivity contribution in [1.82, 2.24) is 15.6 Å². The molecule has 1 fully saturated rings. The number of nitrogens with one attached hydrogen (secondary N) is 2. The third kappa shape index (κ3) is 6.25. The third-order valence-electron chi connectivity index (χ3n) is 7.82. The number of halogens is 4. The van der Waals surface area contributed by atoms with E-state index in [9.17, 15) is 22.8 Å². The number of carbonyl (C=O) groups excluding carboxylic acids is 2. The molecule has 1 atom stereocenters. The molecule has 210 valence electrons. The number of hydrogen-bond acceptors (Lipinski definition) is 4. The van der Waals surface area contributed by atoms with E-state index in [4.69, 9.17) is 11.6 Å². The van der Waals surface area contributed by atoms with Gasteiger partial charge in [-0.1, -0.05) is 23.7 Å². The van der Waals surface area contributed by atoms with Gasteiger partial charge in [0.15, 0.2) is 0 Å². The van der Waals surface area contributed by atoms with E-state index < -0.39 is 29.3 Å². The predicted molar refractivity (Wildman–Crippen MR) is 148 cm³/mol.